The number of benzene rings is 1. The number of nitriles is 1. The van der Waals surface area contributed by atoms with Crippen LogP contribution < -0.4 is 9.64 Å². The average Bonchev–Trinajstić information content (AvgIpc) is 2.62. The Balaban J connectivity index is 1.65. The Kier molecular flexibility index (Phi) is 5.20. The van der Waals surface area contributed by atoms with Gasteiger partial charge in [-0.2, -0.15) is 5.26 Å². The lowest BCUT2D eigenvalue weighted by molar-refractivity contribution is 0.245. The minimum atomic E-state index is 0.693. The number of hydrogen-bond acceptors (Lipinski definition) is 5. The molecule has 0 saturated carbocycles. The zero-order valence-electron chi connectivity index (χ0n) is 15.1. The third-order valence-corrected chi connectivity index (χ3v) is 4.78. The van der Waals surface area contributed by atoms with Crippen LogP contribution in [0.4, 0.5) is 5.82 Å². The molecule has 0 amide bonds. The number of nitrogens with zero attached hydrogens (tertiary/aromatic N) is 4. The number of piperazine rings is 1. The number of methoxy groups -OCH3 is 1. The van der Waals surface area contributed by atoms with Crippen LogP contribution in [-0.2, 0) is 6.54 Å². The number of hydrogen-bond donors (Lipinski definition) is 0. The summed E-state index contributed by atoms with van der Waals surface area (Å²) in [6, 6.07) is 12.5. The summed E-state index contributed by atoms with van der Waals surface area (Å²) in [4.78, 5) is 9.38. The molecule has 0 bridgehead atoms. The Bertz CT molecular complexity index is 766. The quantitative estimate of drug-likeness (QED) is 0.859. The van der Waals surface area contributed by atoms with Gasteiger partial charge < -0.3 is 9.64 Å². The van der Waals surface area contributed by atoms with E-state index in [9.17, 15) is 5.26 Å². The van der Waals surface area contributed by atoms with Crippen LogP contribution in [0.25, 0.3) is 0 Å². The van der Waals surface area contributed by atoms with Crippen LogP contribution in [0.1, 0.15) is 22.4 Å². The van der Waals surface area contributed by atoms with Crippen LogP contribution in [-0.4, -0.2) is 43.2 Å². The first-order valence-corrected chi connectivity index (χ1v) is 8.60. The van der Waals surface area contributed by atoms with E-state index < -0.39 is 0 Å². The van der Waals surface area contributed by atoms with Crippen molar-refractivity contribution in [3.8, 4) is 11.8 Å². The van der Waals surface area contributed by atoms with Gasteiger partial charge in [0.1, 0.15) is 17.6 Å². The molecule has 0 unspecified atom stereocenters. The van der Waals surface area contributed by atoms with Gasteiger partial charge in [-0.15, -0.1) is 0 Å². The van der Waals surface area contributed by atoms with Crippen molar-refractivity contribution in [3.63, 3.8) is 0 Å². The van der Waals surface area contributed by atoms with Crippen molar-refractivity contribution < 1.29 is 4.74 Å². The van der Waals surface area contributed by atoms with Crippen LogP contribution in [0, 0.1) is 25.2 Å². The minimum Gasteiger partial charge on any atom is -0.496 e. The third kappa shape index (κ3) is 3.75. The van der Waals surface area contributed by atoms with Gasteiger partial charge in [0.15, 0.2) is 0 Å². The summed E-state index contributed by atoms with van der Waals surface area (Å²) in [6.45, 7) is 8.63. The highest BCUT2D eigenvalue weighted by Gasteiger charge is 2.20. The molecular weight excluding hydrogens is 312 g/mol. The molecule has 0 spiro atoms. The van der Waals surface area contributed by atoms with Crippen LogP contribution in [0.3, 0.4) is 0 Å². The normalized spacial score (nSPS) is 15.0. The van der Waals surface area contributed by atoms with Crippen LogP contribution in [0.15, 0.2) is 30.3 Å². The number of aromatic nitrogens is 1. The highest BCUT2D eigenvalue weighted by atomic mass is 16.5. The van der Waals surface area contributed by atoms with Gasteiger partial charge in [-0.05, 0) is 31.5 Å². The maximum atomic E-state index is 9.20. The molecule has 2 aromatic rings. The van der Waals surface area contributed by atoms with Crippen molar-refractivity contribution in [2.45, 2.75) is 20.4 Å². The lowest BCUT2D eigenvalue weighted by Gasteiger charge is -2.36. The number of pyridine rings is 1. The van der Waals surface area contributed by atoms with Gasteiger partial charge in [0.05, 0.1) is 18.4 Å². The molecule has 1 aliphatic rings. The van der Waals surface area contributed by atoms with Gasteiger partial charge in [0.2, 0.25) is 0 Å². The van der Waals surface area contributed by atoms with Crippen LogP contribution in [0.5, 0.6) is 5.75 Å². The standard InChI is InChI=1S/C20H24N4O/c1-15-12-20(22-16(2)18(15)13-21)24-10-8-23(9-11-24)14-17-6-4-5-7-19(17)25-3/h4-7,12H,8-11,14H2,1-3H3. The van der Waals surface area contributed by atoms with E-state index in [4.69, 9.17) is 4.74 Å². The van der Waals surface area contributed by atoms with Gasteiger partial charge >= 0.3 is 0 Å². The molecule has 2 heterocycles. The summed E-state index contributed by atoms with van der Waals surface area (Å²) < 4.78 is 5.45. The fourth-order valence-corrected chi connectivity index (χ4v) is 3.35. The molecule has 1 saturated heterocycles. The van der Waals surface area contributed by atoms with Crippen molar-refractivity contribution in [3.05, 3.63) is 52.7 Å². The first-order valence-electron chi connectivity index (χ1n) is 8.60. The van der Waals surface area contributed by atoms with E-state index >= 15 is 0 Å². The van der Waals surface area contributed by atoms with E-state index in [1.807, 2.05) is 32.0 Å². The fourth-order valence-electron chi connectivity index (χ4n) is 3.35. The largest absolute Gasteiger partial charge is 0.496 e. The molecule has 0 aliphatic carbocycles. The van der Waals surface area contributed by atoms with Gasteiger partial charge in [0.25, 0.3) is 0 Å². The van der Waals surface area contributed by atoms with Crippen molar-refractivity contribution >= 4 is 5.82 Å². The van der Waals surface area contributed by atoms with Gasteiger partial charge in [-0.3, -0.25) is 4.90 Å². The fraction of sp³-hybridized carbons (Fsp3) is 0.400. The molecule has 0 radical (unpaired) electrons. The van der Waals surface area contributed by atoms with E-state index in [-0.39, 0.29) is 0 Å². The predicted molar refractivity (Wildman–Crippen MR) is 98.9 cm³/mol. The molecule has 130 valence electrons. The second kappa shape index (κ2) is 7.54. The summed E-state index contributed by atoms with van der Waals surface area (Å²) in [6.07, 6.45) is 0. The van der Waals surface area contributed by atoms with Gasteiger partial charge in [-0.25, -0.2) is 4.98 Å². The van der Waals surface area contributed by atoms with E-state index in [0.29, 0.717) is 5.56 Å². The smallest absolute Gasteiger partial charge is 0.129 e. The predicted octanol–water partition coefficient (Wildman–Crippen LogP) is 2.90. The molecule has 1 fully saturated rings. The first kappa shape index (κ1) is 17.2. The first-order chi connectivity index (χ1) is 12.1. The molecule has 5 nitrogen and oxygen atoms in total. The van der Waals surface area contributed by atoms with Crippen LogP contribution in [0.2, 0.25) is 0 Å². The molecular formula is C20H24N4O. The average molecular weight is 336 g/mol. The third-order valence-electron chi connectivity index (χ3n) is 4.78. The molecule has 0 N–H and O–H groups in total. The van der Waals surface area contributed by atoms with Crippen molar-refractivity contribution in [2.24, 2.45) is 0 Å². The summed E-state index contributed by atoms with van der Waals surface area (Å²) in [5.74, 6) is 1.93. The van der Waals surface area contributed by atoms with Crippen molar-refractivity contribution in [1.29, 1.82) is 5.26 Å². The number of anilines is 1. The molecule has 1 aromatic heterocycles. The number of rotatable bonds is 4. The Morgan fingerprint density at radius 1 is 1.16 bits per heavy atom. The molecule has 1 aliphatic heterocycles. The SMILES string of the molecule is COc1ccccc1CN1CCN(c2cc(C)c(C#N)c(C)n2)CC1. The summed E-state index contributed by atoms with van der Waals surface area (Å²) in [5.41, 5.74) is 3.73. The zero-order valence-corrected chi connectivity index (χ0v) is 15.1. The maximum Gasteiger partial charge on any atom is 0.129 e. The number of para-hydroxylation sites is 1. The van der Waals surface area contributed by atoms with Gasteiger partial charge in [0, 0.05) is 38.3 Å². The van der Waals surface area contributed by atoms with Crippen LogP contribution >= 0.6 is 0 Å². The molecule has 1 aromatic carbocycles. The Labute approximate surface area is 149 Å². The molecule has 3 rings (SSSR count). The molecule has 0 atom stereocenters. The van der Waals surface area contributed by atoms with Crippen molar-refractivity contribution in [1.82, 2.24) is 9.88 Å². The van der Waals surface area contributed by atoms with Crippen molar-refractivity contribution in [2.75, 3.05) is 38.2 Å². The second-order valence-corrected chi connectivity index (χ2v) is 6.44. The topological polar surface area (TPSA) is 52.4 Å². The lowest BCUT2D eigenvalue weighted by atomic mass is 10.1. The van der Waals surface area contributed by atoms with Gasteiger partial charge in [-0.1, -0.05) is 18.2 Å². The second-order valence-electron chi connectivity index (χ2n) is 6.44. The minimum absolute atomic E-state index is 0.693. The highest BCUT2D eigenvalue weighted by Crippen LogP contribution is 2.23. The summed E-state index contributed by atoms with van der Waals surface area (Å²) in [5, 5.41) is 9.20. The number of aryl methyl sites for hydroxylation is 2. The van der Waals surface area contributed by atoms with E-state index in [1.165, 1.54) is 5.56 Å². The van der Waals surface area contributed by atoms with E-state index in [1.54, 1.807) is 7.11 Å². The number of ether oxygens (including phenoxy) is 1. The maximum absolute atomic E-state index is 9.20. The van der Waals surface area contributed by atoms with E-state index in [2.05, 4.69) is 33.0 Å². The molecule has 5 heteroatoms. The summed E-state index contributed by atoms with van der Waals surface area (Å²) >= 11 is 0. The summed E-state index contributed by atoms with van der Waals surface area (Å²) in [7, 11) is 1.72. The molecule has 25 heavy (non-hydrogen) atoms. The Morgan fingerprint density at radius 3 is 2.52 bits per heavy atom. The Morgan fingerprint density at radius 2 is 1.88 bits per heavy atom. The monoisotopic (exact) mass is 336 g/mol. The highest BCUT2D eigenvalue weighted by molar-refractivity contribution is 5.50. The zero-order chi connectivity index (χ0) is 17.8. The lowest BCUT2D eigenvalue weighted by Crippen LogP contribution is -2.46. The van der Waals surface area contributed by atoms with E-state index in [0.717, 1.165) is 55.5 Å². The Hall–Kier alpha value is -2.58.